The van der Waals surface area contributed by atoms with Gasteiger partial charge < -0.3 is 15.2 Å². The monoisotopic (exact) mass is 243 g/mol. The minimum absolute atomic E-state index is 0.0629. The lowest BCUT2D eigenvalue weighted by Gasteiger charge is -2.40. The fraction of sp³-hybridized carbons (Fsp3) is 0.923. The number of rotatable bonds is 7. The predicted octanol–water partition coefficient (Wildman–Crippen LogP) is 1.33. The molecule has 0 heterocycles. The smallest absolute Gasteiger partial charge is 0.308 e. The van der Waals surface area contributed by atoms with E-state index in [4.69, 9.17) is 0 Å². The maximum Gasteiger partial charge on any atom is 0.308 e. The average molecular weight is 243 g/mol. The fourth-order valence-corrected chi connectivity index (χ4v) is 2.24. The number of esters is 1. The van der Waals surface area contributed by atoms with E-state index in [2.05, 4.69) is 23.9 Å². The van der Waals surface area contributed by atoms with Crippen LogP contribution in [0.25, 0.3) is 0 Å². The second-order valence-corrected chi connectivity index (χ2v) is 5.68. The van der Waals surface area contributed by atoms with Crippen LogP contribution in [-0.4, -0.2) is 37.4 Å². The van der Waals surface area contributed by atoms with Crippen molar-refractivity contribution in [1.82, 2.24) is 5.32 Å². The first-order chi connectivity index (χ1) is 7.95. The maximum atomic E-state index is 10.9. The summed E-state index contributed by atoms with van der Waals surface area (Å²) in [6.45, 7) is 5.86. The Balaban J connectivity index is 2.15. The van der Waals surface area contributed by atoms with Crippen LogP contribution in [0.4, 0.5) is 0 Å². The van der Waals surface area contributed by atoms with Crippen molar-refractivity contribution >= 4 is 5.97 Å². The summed E-state index contributed by atoms with van der Waals surface area (Å²) >= 11 is 0. The highest BCUT2D eigenvalue weighted by Gasteiger charge is 2.33. The molecule has 0 saturated heterocycles. The van der Waals surface area contributed by atoms with Crippen LogP contribution >= 0.6 is 0 Å². The van der Waals surface area contributed by atoms with E-state index in [1.807, 2.05) is 0 Å². The van der Waals surface area contributed by atoms with Gasteiger partial charge in [-0.05, 0) is 24.2 Å². The molecule has 0 aromatic rings. The van der Waals surface area contributed by atoms with Crippen molar-refractivity contribution in [2.45, 2.75) is 45.6 Å². The quantitative estimate of drug-likeness (QED) is 0.662. The van der Waals surface area contributed by atoms with Crippen LogP contribution in [0.2, 0.25) is 0 Å². The summed E-state index contributed by atoms with van der Waals surface area (Å²) in [4.78, 5) is 10.9. The Bertz CT molecular complexity index is 249. The molecular weight excluding hydrogens is 218 g/mol. The summed E-state index contributed by atoms with van der Waals surface area (Å²) in [6, 6.07) is 0. The molecule has 4 nitrogen and oxygen atoms in total. The van der Waals surface area contributed by atoms with Crippen LogP contribution in [0.5, 0.6) is 0 Å². The van der Waals surface area contributed by atoms with Crippen molar-refractivity contribution in [1.29, 1.82) is 0 Å². The number of aliphatic hydroxyl groups excluding tert-OH is 1. The standard InChI is InChI=1S/C13H25NO3/c1-13(2,10-5-4-6-10)9-14-8-11(15)7-12(16)17-3/h10-11,14-15H,4-9H2,1-3H3. The van der Waals surface area contributed by atoms with Crippen LogP contribution in [0.1, 0.15) is 39.5 Å². The highest BCUT2D eigenvalue weighted by molar-refractivity contribution is 5.69. The molecule has 0 radical (unpaired) electrons. The minimum Gasteiger partial charge on any atom is -0.469 e. The first-order valence-corrected chi connectivity index (χ1v) is 6.41. The van der Waals surface area contributed by atoms with Crippen LogP contribution < -0.4 is 5.32 Å². The Morgan fingerprint density at radius 1 is 1.53 bits per heavy atom. The van der Waals surface area contributed by atoms with E-state index in [1.165, 1.54) is 26.4 Å². The van der Waals surface area contributed by atoms with Gasteiger partial charge in [0.05, 0.1) is 19.6 Å². The Kier molecular flexibility index (Phi) is 5.40. The number of aliphatic hydroxyl groups is 1. The number of hydrogen-bond donors (Lipinski definition) is 2. The molecule has 4 heteroatoms. The van der Waals surface area contributed by atoms with Crippen molar-refractivity contribution in [2.75, 3.05) is 20.2 Å². The number of hydrogen-bond acceptors (Lipinski definition) is 4. The third kappa shape index (κ3) is 4.64. The molecule has 1 atom stereocenters. The van der Waals surface area contributed by atoms with E-state index in [-0.39, 0.29) is 17.8 Å². The summed E-state index contributed by atoms with van der Waals surface area (Å²) in [5, 5.41) is 12.8. The molecular formula is C13H25NO3. The van der Waals surface area contributed by atoms with Crippen LogP contribution in [0, 0.1) is 11.3 Å². The van der Waals surface area contributed by atoms with Gasteiger partial charge in [-0.25, -0.2) is 0 Å². The second-order valence-electron chi connectivity index (χ2n) is 5.68. The Labute approximate surface area is 104 Å². The van der Waals surface area contributed by atoms with Gasteiger partial charge in [0.15, 0.2) is 0 Å². The van der Waals surface area contributed by atoms with E-state index in [9.17, 15) is 9.90 Å². The average Bonchev–Trinajstić information content (AvgIpc) is 2.13. The number of nitrogens with one attached hydrogen (secondary N) is 1. The van der Waals surface area contributed by atoms with E-state index >= 15 is 0 Å². The first-order valence-electron chi connectivity index (χ1n) is 6.41. The number of carbonyl (C=O) groups excluding carboxylic acids is 1. The zero-order valence-electron chi connectivity index (χ0n) is 11.2. The van der Waals surface area contributed by atoms with Crippen molar-refractivity contribution in [3.05, 3.63) is 0 Å². The largest absolute Gasteiger partial charge is 0.469 e. The molecule has 0 bridgehead atoms. The van der Waals surface area contributed by atoms with Gasteiger partial charge in [-0.15, -0.1) is 0 Å². The molecule has 0 amide bonds. The zero-order valence-corrected chi connectivity index (χ0v) is 11.2. The molecule has 2 N–H and O–H groups in total. The summed E-state index contributed by atoms with van der Waals surface area (Å²) in [5.41, 5.74) is 0.281. The first kappa shape index (κ1) is 14.5. The third-order valence-electron chi connectivity index (χ3n) is 3.80. The zero-order chi connectivity index (χ0) is 12.9. The summed E-state index contributed by atoms with van der Waals surface area (Å²) in [7, 11) is 1.34. The van der Waals surface area contributed by atoms with Gasteiger partial charge in [-0.2, -0.15) is 0 Å². The molecule has 1 fully saturated rings. The third-order valence-corrected chi connectivity index (χ3v) is 3.80. The molecule has 1 rings (SSSR count). The molecule has 1 aliphatic rings. The van der Waals surface area contributed by atoms with Gasteiger partial charge in [0.25, 0.3) is 0 Å². The van der Waals surface area contributed by atoms with Crippen molar-refractivity contribution in [2.24, 2.45) is 11.3 Å². The Hall–Kier alpha value is -0.610. The van der Waals surface area contributed by atoms with Gasteiger partial charge in [0.2, 0.25) is 0 Å². The molecule has 17 heavy (non-hydrogen) atoms. The number of carbonyl (C=O) groups is 1. The van der Waals surface area contributed by atoms with Crippen LogP contribution in [0.15, 0.2) is 0 Å². The molecule has 100 valence electrons. The van der Waals surface area contributed by atoms with E-state index in [0.29, 0.717) is 6.54 Å². The van der Waals surface area contributed by atoms with Gasteiger partial charge in [0, 0.05) is 13.1 Å². The van der Waals surface area contributed by atoms with E-state index < -0.39 is 6.10 Å². The van der Waals surface area contributed by atoms with Crippen molar-refractivity contribution in [3.8, 4) is 0 Å². The Morgan fingerprint density at radius 2 is 2.18 bits per heavy atom. The molecule has 0 aromatic carbocycles. The lowest BCUT2D eigenvalue weighted by atomic mass is 9.67. The highest BCUT2D eigenvalue weighted by atomic mass is 16.5. The Morgan fingerprint density at radius 3 is 2.65 bits per heavy atom. The second kappa shape index (κ2) is 6.36. The summed E-state index contributed by atoms with van der Waals surface area (Å²) in [5.74, 6) is 0.435. The molecule has 0 aromatic heterocycles. The normalized spacial score (nSPS) is 18.6. The topological polar surface area (TPSA) is 58.6 Å². The maximum absolute atomic E-state index is 10.9. The molecule has 1 aliphatic carbocycles. The van der Waals surface area contributed by atoms with Crippen LogP contribution in [0.3, 0.4) is 0 Å². The lowest BCUT2D eigenvalue weighted by molar-refractivity contribution is -0.142. The van der Waals surface area contributed by atoms with E-state index in [1.54, 1.807) is 0 Å². The van der Waals surface area contributed by atoms with Crippen molar-refractivity contribution < 1.29 is 14.6 Å². The van der Waals surface area contributed by atoms with Gasteiger partial charge in [0.1, 0.15) is 0 Å². The van der Waals surface area contributed by atoms with Crippen LogP contribution in [-0.2, 0) is 9.53 Å². The number of methoxy groups -OCH3 is 1. The molecule has 0 aliphatic heterocycles. The SMILES string of the molecule is COC(=O)CC(O)CNCC(C)(C)C1CCC1. The van der Waals surface area contributed by atoms with Gasteiger partial charge >= 0.3 is 5.97 Å². The molecule has 1 unspecified atom stereocenters. The van der Waals surface area contributed by atoms with Crippen molar-refractivity contribution in [3.63, 3.8) is 0 Å². The fourth-order valence-electron chi connectivity index (χ4n) is 2.24. The summed E-state index contributed by atoms with van der Waals surface area (Å²) < 4.78 is 4.51. The van der Waals surface area contributed by atoms with Gasteiger partial charge in [-0.3, -0.25) is 4.79 Å². The summed E-state index contributed by atoms with van der Waals surface area (Å²) in [6.07, 6.45) is 3.39. The lowest BCUT2D eigenvalue weighted by Crippen LogP contribution is -2.41. The predicted molar refractivity (Wildman–Crippen MR) is 66.6 cm³/mol. The van der Waals surface area contributed by atoms with E-state index in [0.717, 1.165) is 12.5 Å². The molecule has 0 spiro atoms. The molecule has 1 saturated carbocycles. The van der Waals surface area contributed by atoms with Gasteiger partial charge in [-0.1, -0.05) is 20.3 Å². The minimum atomic E-state index is -0.653. The highest BCUT2D eigenvalue weighted by Crippen LogP contribution is 2.41. The number of ether oxygens (including phenoxy) is 1.